The number of anilines is 1. The first-order valence-corrected chi connectivity index (χ1v) is 6.68. The topological polar surface area (TPSA) is 55.6 Å². The molecule has 0 radical (unpaired) electrons. The molecule has 0 spiro atoms. The van der Waals surface area contributed by atoms with Crippen LogP contribution in [0, 0.1) is 10.1 Å². The van der Waals surface area contributed by atoms with Gasteiger partial charge in [0, 0.05) is 25.2 Å². The van der Waals surface area contributed by atoms with E-state index in [1.807, 2.05) is 18.7 Å². The van der Waals surface area contributed by atoms with E-state index in [1.165, 1.54) is 12.1 Å². The van der Waals surface area contributed by atoms with Crippen LogP contribution in [0.2, 0.25) is 10.0 Å². The maximum Gasteiger partial charge on any atom is 0.272 e. The van der Waals surface area contributed by atoms with Gasteiger partial charge in [-0.3, -0.25) is 10.1 Å². The van der Waals surface area contributed by atoms with E-state index in [9.17, 15) is 10.1 Å². The van der Waals surface area contributed by atoms with Gasteiger partial charge in [-0.05, 0) is 13.8 Å². The summed E-state index contributed by atoms with van der Waals surface area (Å²) in [6.45, 7) is 5.24. The lowest BCUT2D eigenvalue weighted by Crippen LogP contribution is -2.45. The van der Waals surface area contributed by atoms with Gasteiger partial charge in [0.1, 0.15) is 0 Å². The van der Waals surface area contributed by atoms with Crippen molar-refractivity contribution in [3.8, 4) is 0 Å². The molecule has 19 heavy (non-hydrogen) atoms. The third kappa shape index (κ3) is 3.11. The highest BCUT2D eigenvalue weighted by Gasteiger charge is 2.26. The number of halogens is 2. The van der Waals surface area contributed by atoms with E-state index in [0.717, 1.165) is 0 Å². The molecule has 2 atom stereocenters. The van der Waals surface area contributed by atoms with Crippen molar-refractivity contribution in [2.24, 2.45) is 0 Å². The molecular formula is C12H14Cl2N2O3. The van der Waals surface area contributed by atoms with Crippen LogP contribution < -0.4 is 4.90 Å². The molecule has 2 rings (SSSR count). The number of benzene rings is 1. The minimum atomic E-state index is -0.508. The van der Waals surface area contributed by atoms with Gasteiger partial charge in [-0.25, -0.2) is 0 Å². The first-order valence-electron chi connectivity index (χ1n) is 5.92. The zero-order chi connectivity index (χ0) is 14.2. The van der Waals surface area contributed by atoms with Gasteiger partial charge in [0.05, 0.1) is 32.9 Å². The van der Waals surface area contributed by atoms with Crippen LogP contribution in [0.5, 0.6) is 0 Å². The van der Waals surface area contributed by atoms with Crippen molar-refractivity contribution in [1.29, 1.82) is 0 Å². The molecule has 7 heteroatoms. The molecular weight excluding hydrogens is 291 g/mol. The number of nitro groups is 1. The monoisotopic (exact) mass is 304 g/mol. The number of rotatable bonds is 2. The first-order chi connectivity index (χ1) is 8.88. The Balaban J connectivity index is 2.37. The molecule has 0 unspecified atom stereocenters. The van der Waals surface area contributed by atoms with Gasteiger partial charge in [-0.2, -0.15) is 0 Å². The van der Waals surface area contributed by atoms with E-state index in [-0.39, 0.29) is 17.9 Å². The average Bonchev–Trinajstić information content (AvgIpc) is 2.26. The lowest BCUT2D eigenvalue weighted by Gasteiger charge is -2.37. The largest absolute Gasteiger partial charge is 0.372 e. The van der Waals surface area contributed by atoms with E-state index in [2.05, 4.69) is 0 Å². The molecule has 1 aliphatic heterocycles. The summed E-state index contributed by atoms with van der Waals surface area (Å²) in [5, 5.41) is 11.3. The smallest absolute Gasteiger partial charge is 0.272 e. The molecule has 0 aliphatic carbocycles. The van der Waals surface area contributed by atoms with Crippen LogP contribution >= 0.6 is 23.2 Å². The predicted octanol–water partition coefficient (Wildman–Crippen LogP) is 3.52. The van der Waals surface area contributed by atoms with Crippen molar-refractivity contribution >= 4 is 34.6 Å². The molecule has 0 amide bonds. The van der Waals surface area contributed by atoms with E-state index < -0.39 is 4.92 Å². The summed E-state index contributed by atoms with van der Waals surface area (Å²) >= 11 is 12.3. The maximum atomic E-state index is 10.8. The minimum absolute atomic E-state index is 0.0612. The molecule has 1 aliphatic rings. The lowest BCUT2D eigenvalue weighted by molar-refractivity contribution is -0.384. The van der Waals surface area contributed by atoms with Crippen LogP contribution in [-0.2, 0) is 4.74 Å². The van der Waals surface area contributed by atoms with Gasteiger partial charge in [-0.1, -0.05) is 23.2 Å². The maximum absolute atomic E-state index is 10.8. The summed E-state index contributed by atoms with van der Waals surface area (Å²) in [5.74, 6) is 0. The fraction of sp³-hybridized carbons (Fsp3) is 0.500. The van der Waals surface area contributed by atoms with Crippen LogP contribution in [0.3, 0.4) is 0 Å². The summed E-state index contributed by atoms with van der Waals surface area (Å²) in [6.07, 6.45) is 0.122. The summed E-state index contributed by atoms with van der Waals surface area (Å²) in [7, 11) is 0. The molecule has 1 aromatic carbocycles. The molecule has 1 saturated heterocycles. The van der Waals surface area contributed by atoms with Crippen LogP contribution in [0.25, 0.3) is 0 Å². The molecule has 104 valence electrons. The molecule has 1 aromatic rings. The summed E-state index contributed by atoms with van der Waals surface area (Å²) in [4.78, 5) is 12.3. The summed E-state index contributed by atoms with van der Waals surface area (Å²) < 4.78 is 5.64. The van der Waals surface area contributed by atoms with Crippen molar-refractivity contribution in [1.82, 2.24) is 0 Å². The van der Waals surface area contributed by atoms with E-state index in [4.69, 9.17) is 27.9 Å². The Hall–Kier alpha value is -1.04. The fourth-order valence-corrected chi connectivity index (χ4v) is 3.03. The highest BCUT2D eigenvalue weighted by molar-refractivity contribution is 6.39. The molecule has 0 aromatic heterocycles. The molecule has 0 N–H and O–H groups in total. The molecule has 0 bridgehead atoms. The van der Waals surface area contributed by atoms with Crippen LogP contribution in [0.4, 0.5) is 11.4 Å². The fourth-order valence-electron chi connectivity index (χ4n) is 2.32. The number of hydrogen-bond donors (Lipinski definition) is 0. The molecule has 5 nitrogen and oxygen atoms in total. The van der Waals surface area contributed by atoms with Crippen LogP contribution in [0.15, 0.2) is 12.1 Å². The zero-order valence-electron chi connectivity index (χ0n) is 10.6. The van der Waals surface area contributed by atoms with E-state index >= 15 is 0 Å². The highest BCUT2D eigenvalue weighted by Crippen LogP contribution is 2.38. The third-order valence-corrected chi connectivity index (χ3v) is 3.52. The summed E-state index contributed by atoms with van der Waals surface area (Å²) in [6, 6.07) is 2.65. The Morgan fingerprint density at radius 1 is 1.26 bits per heavy atom. The van der Waals surface area contributed by atoms with Crippen molar-refractivity contribution in [3.63, 3.8) is 0 Å². The third-order valence-electron chi connectivity index (χ3n) is 2.95. The summed E-state index contributed by atoms with van der Waals surface area (Å²) in [5.41, 5.74) is 0.532. The van der Waals surface area contributed by atoms with Gasteiger partial charge in [0.25, 0.3) is 5.69 Å². The van der Waals surface area contributed by atoms with Crippen molar-refractivity contribution in [2.75, 3.05) is 18.0 Å². The van der Waals surface area contributed by atoms with Gasteiger partial charge >= 0.3 is 0 Å². The Kier molecular flexibility index (Phi) is 4.18. The quantitative estimate of drug-likeness (QED) is 0.619. The second-order valence-electron chi connectivity index (χ2n) is 4.68. The minimum Gasteiger partial charge on any atom is -0.372 e. The Morgan fingerprint density at radius 2 is 1.74 bits per heavy atom. The van der Waals surface area contributed by atoms with Gasteiger partial charge in [0.15, 0.2) is 0 Å². The number of ether oxygens (including phenoxy) is 1. The van der Waals surface area contributed by atoms with Crippen molar-refractivity contribution < 1.29 is 9.66 Å². The van der Waals surface area contributed by atoms with Crippen molar-refractivity contribution in [2.45, 2.75) is 26.1 Å². The first kappa shape index (κ1) is 14.4. The van der Waals surface area contributed by atoms with Crippen LogP contribution in [-0.4, -0.2) is 30.2 Å². The van der Waals surface area contributed by atoms with Crippen molar-refractivity contribution in [3.05, 3.63) is 32.3 Å². The zero-order valence-corrected chi connectivity index (χ0v) is 12.1. The second kappa shape index (κ2) is 5.53. The average molecular weight is 305 g/mol. The van der Waals surface area contributed by atoms with Crippen LogP contribution in [0.1, 0.15) is 13.8 Å². The predicted molar refractivity (Wildman–Crippen MR) is 75.3 cm³/mol. The molecule has 1 heterocycles. The number of non-ortho nitro benzene ring substituents is 1. The van der Waals surface area contributed by atoms with E-state index in [1.54, 1.807) is 0 Å². The van der Waals surface area contributed by atoms with Gasteiger partial charge in [-0.15, -0.1) is 0 Å². The Bertz CT molecular complexity index is 477. The molecule has 1 fully saturated rings. The number of nitrogens with zero attached hydrogens (tertiary/aromatic N) is 2. The Morgan fingerprint density at radius 3 is 2.16 bits per heavy atom. The van der Waals surface area contributed by atoms with Gasteiger partial charge < -0.3 is 9.64 Å². The SMILES string of the molecule is C[C@@H]1CN(c2c(Cl)cc([N+](=O)[O-])cc2Cl)C[C@@H](C)O1. The molecule has 0 saturated carbocycles. The van der Waals surface area contributed by atoms with Gasteiger partial charge in [0.2, 0.25) is 0 Å². The normalized spacial score (nSPS) is 23.5. The number of morpholine rings is 1. The number of hydrogen-bond acceptors (Lipinski definition) is 4. The standard InChI is InChI=1S/C12H14Cl2N2O3/c1-7-5-15(6-8(2)19-7)12-10(13)3-9(16(17)18)4-11(12)14/h3-4,7-8H,5-6H2,1-2H3/t7-,8-/m1/s1. The number of nitro benzene ring substituents is 1. The lowest BCUT2D eigenvalue weighted by atomic mass is 10.2. The van der Waals surface area contributed by atoms with E-state index in [0.29, 0.717) is 28.8 Å². The Labute approximate surface area is 121 Å². The highest BCUT2D eigenvalue weighted by atomic mass is 35.5. The second-order valence-corrected chi connectivity index (χ2v) is 5.49.